The summed E-state index contributed by atoms with van der Waals surface area (Å²) in [7, 11) is -1.000. The largest absolute Gasteiger partial charge is 0.361 e. The minimum atomic E-state index is -1.000. The number of ether oxygens (including phenoxy) is 1. The van der Waals surface area contributed by atoms with E-state index in [1.807, 2.05) is 6.20 Å². The van der Waals surface area contributed by atoms with Crippen LogP contribution in [0.4, 0.5) is 0 Å². The van der Waals surface area contributed by atoms with Crippen LogP contribution in [0.3, 0.4) is 0 Å². The molecule has 18 heavy (non-hydrogen) atoms. The first kappa shape index (κ1) is 15.9. The molecule has 0 unspecified atom stereocenters. The Labute approximate surface area is 120 Å². The Morgan fingerprint density at radius 1 is 1.33 bits per heavy atom. The average Bonchev–Trinajstić information content (AvgIpc) is 2.52. The number of imidazole rings is 1. The molecule has 5 heteroatoms. The number of rotatable bonds is 5. The Morgan fingerprint density at radius 2 is 1.94 bits per heavy atom. The van der Waals surface area contributed by atoms with E-state index in [4.69, 9.17) is 4.74 Å². The van der Waals surface area contributed by atoms with E-state index in [0.717, 1.165) is 17.0 Å². The van der Waals surface area contributed by atoms with Crippen LogP contribution in [-0.2, 0) is 16.9 Å². The second kappa shape index (κ2) is 5.88. The van der Waals surface area contributed by atoms with E-state index in [-0.39, 0.29) is 5.41 Å². The SMILES string of the molecule is CC(C)(C)c1nc(Br)cn1COCC[Si](C)(C)C. The van der Waals surface area contributed by atoms with Crippen molar-refractivity contribution in [3.05, 3.63) is 16.6 Å². The van der Waals surface area contributed by atoms with Crippen LogP contribution in [0.5, 0.6) is 0 Å². The minimum Gasteiger partial charge on any atom is -0.361 e. The van der Waals surface area contributed by atoms with E-state index < -0.39 is 8.07 Å². The van der Waals surface area contributed by atoms with Crippen molar-refractivity contribution >= 4 is 24.0 Å². The molecular formula is C13H25BrN2OSi. The minimum absolute atomic E-state index is 0.0359. The van der Waals surface area contributed by atoms with Gasteiger partial charge in [-0.1, -0.05) is 40.4 Å². The summed E-state index contributed by atoms with van der Waals surface area (Å²) in [6, 6.07) is 1.20. The van der Waals surface area contributed by atoms with Gasteiger partial charge in [-0.25, -0.2) is 4.98 Å². The van der Waals surface area contributed by atoms with Crippen LogP contribution in [-0.4, -0.2) is 24.2 Å². The molecule has 0 aliphatic heterocycles. The summed E-state index contributed by atoms with van der Waals surface area (Å²) in [5.41, 5.74) is 0.0359. The van der Waals surface area contributed by atoms with Crippen LogP contribution in [0.25, 0.3) is 0 Å². The van der Waals surface area contributed by atoms with Crippen LogP contribution in [0.2, 0.25) is 25.7 Å². The van der Waals surface area contributed by atoms with Crippen molar-refractivity contribution in [2.45, 2.75) is 58.6 Å². The third-order valence-electron chi connectivity index (χ3n) is 2.64. The molecule has 1 aromatic heterocycles. The lowest BCUT2D eigenvalue weighted by molar-refractivity contribution is 0.0830. The van der Waals surface area contributed by atoms with E-state index in [9.17, 15) is 0 Å². The first-order valence-corrected chi connectivity index (χ1v) is 10.9. The monoisotopic (exact) mass is 332 g/mol. The molecule has 0 aliphatic carbocycles. The zero-order valence-corrected chi connectivity index (χ0v) is 15.0. The molecular weight excluding hydrogens is 308 g/mol. The molecule has 104 valence electrons. The molecule has 0 saturated carbocycles. The highest BCUT2D eigenvalue weighted by atomic mass is 79.9. The van der Waals surface area contributed by atoms with Crippen LogP contribution in [0, 0.1) is 0 Å². The maximum atomic E-state index is 5.78. The quantitative estimate of drug-likeness (QED) is 0.595. The fraction of sp³-hybridized carbons (Fsp3) is 0.769. The summed E-state index contributed by atoms with van der Waals surface area (Å²) in [5.74, 6) is 1.06. The molecule has 0 fully saturated rings. The van der Waals surface area contributed by atoms with Gasteiger partial charge in [-0.3, -0.25) is 0 Å². The fourth-order valence-corrected chi connectivity index (χ4v) is 2.79. The number of halogens is 1. The predicted molar refractivity (Wildman–Crippen MR) is 82.7 cm³/mol. The molecule has 0 radical (unpaired) electrons. The first-order valence-electron chi connectivity index (χ1n) is 6.40. The smallest absolute Gasteiger partial charge is 0.124 e. The van der Waals surface area contributed by atoms with Gasteiger partial charge in [0.25, 0.3) is 0 Å². The van der Waals surface area contributed by atoms with Gasteiger partial charge in [0, 0.05) is 26.3 Å². The van der Waals surface area contributed by atoms with Crippen molar-refractivity contribution in [1.82, 2.24) is 9.55 Å². The molecule has 0 atom stereocenters. The molecule has 0 amide bonds. The third kappa shape index (κ3) is 5.24. The molecule has 1 rings (SSSR count). The van der Waals surface area contributed by atoms with Gasteiger partial charge in [0.05, 0.1) is 0 Å². The molecule has 3 nitrogen and oxygen atoms in total. The van der Waals surface area contributed by atoms with Gasteiger partial charge in [0.15, 0.2) is 0 Å². The summed E-state index contributed by atoms with van der Waals surface area (Å²) in [5, 5.41) is 0. The van der Waals surface area contributed by atoms with Gasteiger partial charge in [-0.15, -0.1) is 0 Å². The highest BCUT2D eigenvalue weighted by Crippen LogP contribution is 2.23. The van der Waals surface area contributed by atoms with Crippen LogP contribution < -0.4 is 0 Å². The van der Waals surface area contributed by atoms with Crippen molar-refractivity contribution < 1.29 is 4.74 Å². The number of aromatic nitrogens is 2. The zero-order chi connectivity index (χ0) is 14.0. The Balaban J connectivity index is 2.58. The Morgan fingerprint density at radius 3 is 2.44 bits per heavy atom. The van der Waals surface area contributed by atoms with Gasteiger partial charge in [-0.2, -0.15) is 0 Å². The summed E-state index contributed by atoms with van der Waals surface area (Å²) in [4.78, 5) is 4.52. The standard InChI is InChI=1S/C13H25BrN2OSi/c1-13(2,3)12-15-11(14)9-16(12)10-17-7-8-18(4,5)6/h9H,7-8,10H2,1-6H3. The van der Waals surface area contributed by atoms with Crippen LogP contribution in [0.15, 0.2) is 10.8 Å². The maximum absolute atomic E-state index is 5.78. The van der Waals surface area contributed by atoms with Crippen molar-refractivity contribution in [3.8, 4) is 0 Å². The Kier molecular flexibility index (Phi) is 5.20. The Bertz CT molecular complexity index is 391. The van der Waals surface area contributed by atoms with Gasteiger partial charge in [0.1, 0.15) is 17.2 Å². The molecule has 0 aromatic carbocycles. The van der Waals surface area contributed by atoms with Crippen molar-refractivity contribution in [3.63, 3.8) is 0 Å². The van der Waals surface area contributed by atoms with E-state index in [0.29, 0.717) is 6.73 Å². The first-order chi connectivity index (χ1) is 8.09. The van der Waals surface area contributed by atoms with Gasteiger partial charge >= 0.3 is 0 Å². The van der Waals surface area contributed by atoms with Gasteiger partial charge < -0.3 is 9.30 Å². The number of hydrogen-bond donors (Lipinski definition) is 0. The van der Waals surface area contributed by atoms with E-state index in [1.54, 1.807) is 0 Å². The van der Waals surface area contributed by atoms with Crippen molar-refractivity contribution in [1.29, 1.82) is 0 Å². The normalized spacial score (nSPS) is 13.1. The number of hydrogen-bond acceptors (Lipinski definition) is 2. The molecule has 0 aliphatic rings. The van der Waals surface area contributed by atoms with Crippen molar-refractivity contribution in [2.75, 3.05) is 6.61 Å². The average molecular weight is 333 g/mol. The lowest BCUT2D eigenvalue weighted by Crippen LogP contribution is -2.23. The predicted octanol–water partition coefficient (Wildman–Crippen LogP) is 4.26. The summed E-state index contributed by atoms with van der Waals surface area (Å²) >= 11 is 3.44. The highest BCUT2D eigenvalue weighted by Gasteiger charge is 2.21. The highest BCUT2D eigenvalue weighted by molar-refractivity contribution is 9.10. The molecule has 0 N–H and O–H groups in total. The van der Waals surface area contributed by atoms with E-state index in [1.165, 1.54) is 6.04 Å². The lowest BCUT2D eigenvalue weighted by atomic mass is 9.96. The van der Waals surface area contributed by atoms with Crippen molar-refractivity contribution in [2.24, 2.45) is 0 Å². The second-order valence-electron chi connectivity index (χ2n) is 6.96. The second-order valence-corrected chi connectivity index (χ2v) is 13.4. The maximum Gasteiger partial charge on any atom is 0.124 e. The van der Waals surface area contributed by atoms with E-state index >= 15 is 0 Å². The van der Waals surface area contributed by atoms with Crippen LogP contribution in [0.1, 0.15) is 26.6 Å². The summed E-state index contributed by atoms with van der Waals surface area (Å²) < 4.78 is 8.75. The summed E-state index contributed by atoms with van der Waals surface area (Å²) in [6.07, 6.45) is 2.00. The lowest BCUT2D eigenvalue weighted by Gasteiger charge is -2.20. The Hall–Kier alpha value is -0.133. The van der Waals surface area contributed by atoms with Crippen LogP contribution >= 0.6 is 15.9 Å². The molecule has 1 aromatic rings. The van der Waals surface area contributed by atoms with Gasteiger partial charge in [0.2, 0.25) is 0 Å². The summed E-state index contributed by atoms with van der Waals surface area (Å²) in [6.45, 7) is 15.0. The van der Waals surface area contributed by atoms with Gasteiger partial charge in [-0.05, 0) is 22.0 Å². The van der Waals surface area contributed by atoms with E-state index in [2.05, 4.69) is 65.9 Å². The molecule has 0 spiro atoms. The fourth-order valence-electron chi connectivity index (χ4n) is 1.62. The molecule has 1 heterocycles. The zero-order valence-electron chi connectivity index (χ0n) is 12.4. The topological polar surface area (TPSA) is 27.1 Å². The molecule has 0 bridgehead atoms. The number of nitrogens with zero attached hydrogens (tertiary/aromatic N) is 2. The third-order valence-corrected chi connectivity index (χ3v) is 4.73. The molecule has 0 saturated heterocycles.